The van der Waals surface area contributed by atoms with Crippen molar-refractivity contribution in [3.05, 3.63) is 54.1 Å². The highest BCUT2D eigenvalue weighted by molar-refractivity contribution is 8.13. The van der Waals surface area contributed by atoms with Crippen LogP contribution in [0.1, 0.15) is 12.0 Å². The number of amides is 2. The fraction of sp³-hybridized carbons (Fsp3) is 0.263. The van der Waals surface area contributed by atoms with Gasteiger partial charge in [0.1, 0.15) is 0 Å². The third-order valence-electron chi connectivity index (χ3n) is 3.87. The molecule has 0 spiro atoms. The van der Waals surface area contributed by atoms with Crippen LogP contribution in [0.25, 0.3) is 0 Å². The van der Waals surface area contributed by atoms with Crippen molar-refractivity contribution >= 4 is 38.6 Å². The lowest BCUT2D eigenvalue weighted by molar-refractivity contribution is -0.116. The standard InChI is InChI=1S/C19H23N3O4S2/c1-20-28(25,26)15-11-8-14(9-12-15)10-13-18(23)21-16-6-4-5-7-17(16)27-19(24)22(2)3/h4-9,11-12,20H,10,13H2,1-3H3,(H,21,23). The fourth-order valence-corrected chi connectivity index (χ4v) is 3.74. The number of rotatable bonds is 7. The second-order valence-corrected chi connectivity index (χ2v) is 9.04. The third kappa shape index (κ3) is 6.08. The van der Waals surface area contributed by atoms with E-state index in [2.05, 4.69) is 10.0 Å². The molecule has 2 N–H and O–H groups in total. The molecule has 0 bridgehead atoms. The molecule has 0 atom stereocenters. The molecule has 28 heavy (non-hydrogen) atoms. The molecule has 0 heterocycles. The Bertz CT molecular complexity index is 942. The molecule has 2 aromatic carbocycles. The Balaban J connectivity index is 1.97. The minimum absolute atomic E-state index is 0.127. The van der Waals surface area contributed by atoms with Gasteiger partial charge in [-0.2, -0.15) is 0 Å². The van der Waals surface area contributed by atoms with Gasteiger partial charge in [-0.15, -0.1) is 0 Å². The Hall–Kier alpha value is -2.36. The van der Waals surface area contributed by atoms with Gasteiger partial charge in [-0.25, -0.2) is 13.1 Å². The second kappa shape index (κ2) is 9.72. The van der Waals surface area contributed by atoms with Gasteiger partial charge in [0.2, 0.25) is 15.9 Å². The number of aryl methyl sites for hydroxylation is 1. The summed E-state index contributed by atoms with van der Waals surface area (Å²) in [6, 6.07) is 13.5. The molecule has 0 saturated carbocycles. The first-order valence-electron chi connectivity index (χ1n) is 8.53. The van der Waals surface area contributed by atoms with E-state index in [0.29, 0.717) is 17.0 Å². The number of nitrogens with zero attached hydrogens (tertiary/aromatic N) is 1. The van der Waals surface area contributed by atoms with Gasteiger partial charge in [-0.05, 0) is 55.1 Å². The van der Waals surface area contributed by atoms with E-state index in [1.807, 2.05) is 6.07 Å². The van der Waals surface area contributed by atoms with E-state index in [0.717, 1.165) is 17.3 Å². The number of benzene rings is 2. The molecular formula is C19H23N3O4S2. The number of anilines is 1. The number of thioether (sulfide) groups is 1. The van der Waals surface area contributed by atoms with Crippen LogP contribution in [0, 0.1) is 0 Å². The maximum Gasteiger partial charge on any atom is 0.286 e. The lowest BCUT2D eigenvalue weighted by atomic mass is 10.1. The Labute approximate surface area is 169 Å². The Kier molecular flexibility index (Phi) is 7.61. The third-order valence-corrected chi connectivity index (χ3v) is 6.41. The number of hydrogen-bond donors (Lipinski definition) is 2. The van der Waals surface area contributed by atoms with Crippen molar-refractivity contribution in [2.75, 3.05) is 26.5 Å². The Morgan fingerprint density at radius 2 is 1.68 bits per heavy atom. The largest absolute Gasteiger partial charge is 0.339 e. The van der Waals surface area contributed by atoms with Crippen molar-refractivity contribution in [2.24, 2.45) is 0 Å². The molecule has 0 saturated heterocycles. The number of hydrogen-bond acceptors (Lipinski definition) is 5. The highest BCUT2D eigenvalue weighted by Gasteiger charge is 2.13. The quantitative estimate of drug-likeness (QED) is 0.670. The highest BCUT2D eigenvalue weighted by Crippen LogP contribution is 2.28. The molecule has 0 aromatic heterocycles. The van der Waals surface area contributed by atoms with E-state index in [-0.39, 0.29) is 22.5 Å². The average molecular weight is 422 g/mol. The number of carbonyl (C=O) groups excluding carboxylic acids is 2. The van der Waals surface area contributed by atoms with Gasteiger partial charge in [0.25, 0.3) is 5.24 Å². The van der Waals surface area contributed by atoms with E-state index in [1.165, 1.54) is 24.1 Å². The molecule has 0 aliphatic rings. The zero-order valence-corrected chi connectivity index (χ0v) is 17.6. The van der Waals surface area contributed by atoms with Crippen LogP contribution in [0.3, 0.4) is 0 Å². The summed E-state index contributed by atoms with van der Waals surface area (Å²) < 4.78 is 25.7. The number of nitrogens with one attached hydrogen (secondary N) is 2. The van der Waals surface area contributed by atoms with Crippen molar-refractivity contribution in [1.29, 1.82) is 0 Å². The molecule has 0 aliphatic carbocycles. The summed E-state index contributed by atoms with van der Waals surface area (Å²) in [5, 5.41) is 2.71. The lowest BCUT2D eigenvalue weighted by Gasteiger charge is -2.13. The topological polar surface area (TPSA) is 95.6 Å². The summed E-state index contributed by atoms with van der Waals surface area (Å²) in [5.41, 5.74) is 1.44. The summed E-state index contributed by atoms with van der Waals surface area (Å²) in [6.45, 7) is 0. The first kappa shape index (κ1) is 21.9. The smallest absolute Gasteiger partial charge is 0.286 e. The van der Waals surface area contributed by atoms with E-state index < -0.39 is 10.0 Å². The molecule has 0 unspecified atom stereocenters. The van der Waals surface area contributed by atoms with Gasteiger partial charge in [0.15, 0.2) is 0 Å². The van der Waals surface area contributed by atoms with Gasteiger partial charge in [0, 0.05) is 25.4 Å². The lowest BCUT2D eigenvalue weighted by Crippen LogP contribution is -2.18. The second-order valence-electron chi connectivity index (χ2n) is 6.16. The Morgan fingerprint density at radius 3 is 2.29 bits per heavy atom. The minimum atomic E-state index is -3.47. The summed E-state index contributed by atoms with van der Waals surface area (Å²) >= 11 is 1.05. The summed E-state index contributed by atoms with van der Waals surface area (Å²) in [6.07, 6.45) is 0.705. The maximum absolute atomic E-state index is 12.3. The number of sulfonamides is 1. The molecule has 2 aromatic rings. The van der Waals surface area contributed by atoms with Crippen molar-refractivity contribution < 1.29 is 18.0 Å². The van der Waals surface area contributed by atoms with Crippen LogP contribution in [0.5, 0.6) is 0 Å². The number of carbonyl (C=O) groups is 2. The zero-order chi connectivity index (χ0) is 20.7. The van der Waals surface area contributed by atoms with Gasteiger partial charge >= 0.3 is 0 Å². The minimum Gasteiger partial charge on any atom is -0.339 e. The van der Waals surface area contributed by atoms with Gasteiger partial charge in [-0.3, -0.25) is 9.59 Å². The zero-order valence-electron chi connectivity index (χ0n) is 15.9. The Morgan fingerprint density at radius 1 is 1.04 bits per heavy atom. The van der Waals surface area contributed by atoms with Crippen LogP contribution >= 0.6 is 11.8 Å². The first-order valence-corrected chi connectivity index (χ1v) is 10.8. The van der Waals surface area contributed by atoms with Crippen LogP contribution < -0.4 is 10.0 Å². The summed E-state index contributed by atoms with van der Waals surface area (Å²) in [4.78, 5) is 26.5. The van der Waals surface area contributed by atoms with Crippen molar-refractivity contribution in [1.82, 2.24) is 9.62 Å². The van der Waals surface area contributed by atoms with Gasteiger partial charge < -0.3 is 10.2 Å². The van der Waals surface area contributed by atoms with Crippen molar-refractivity contribution in [3.8, 4) is 0 Å². The molecule has 9 heteroatoms. The first-order chi connectivity index (χ1) is 13.2. The molecule has 2 rings (SSSR count). The van der Waals surface area contributed by atoms with Crippen LogP contribution in [0.2, 0.25) is 0 Å². The molecule has 7 nitrogen and oxygen atoms in total. The monoisotopic (exact) mass is 421 g/mol. The van der Waals surface area contributed by atoms with Gasteiger partial charge in [0.05, 0.1) is 10.6 Å². The molecule has 0 aliphatic heterocycles. The molecule has 0 radical (unpaired) electrons. The molecule has 2 amide bonds. The average Bonchev–Trinajstić information content (AvgIpc) is 2.68. The maximum atomic E-state index is 12.3. The molecule has 150 valence electrons. The van der Waals surface area contributed by atoms with Crippen LogP contribution in [-0.4, -0.2) is 45.6 Å². The van der Waals surface area contributed by atoms with Crippen LogP contribution in [-0.2, 0) is 21.2 Å². The normalized spacial score (nSPS) is 11.1. The summed E-state index contributed by atoms with van der Waals surface area (Å²) in [7, 11) is 1.23. The van der Waals surface area contributed by atoms with E-state index in [1.54, 1.807) is 44.4 Å². The molecular weight excluding hydrogens is 398 g/mol. The van der Waals surface area contributed by atoms with E-state index >= 15 is 0 Å². The van der Waals surface area contributed by atoms with Crippen molar-refractivity contribution in [3.63, 3.8) is 0 Å². The highest BCUT2D eigenvalue weighted by atomic mass is 32.2. The van der Waals surface area contributed by atoms with Gasteiger partial charge in [-0.1, -0.05) is 24.3 Å². The molecule has 0 fully saturated rings. The summed E-state index contributed by atoms with van der Waals surface area (Å²) in [5.74, 6) is -0.183. The number of para-hydroxylation sites is 1. The predicted molar refractivity (Wildman–Crippen MR) is 111 cm³/mol. The SMILES string of the molecule is CNS(=O)(=O)c1ccc(CCC(=O)Nc2ccccc2SC(=O)N(C)C)cc1. The predicted octanol–water partition coefficient (Wildman–Crippen LogP) is 2.94. The van der Waals surface area contributed by atoms with Crippen LogP contribution in [0.4, 0.5) is 10.5 Å². The van der Waals surface area contributed by atoms with E-state index in [4.69, 9.17) is 0 Å². The van der Waals surface area contributed by atoms with Crippen molar-refractivity contribution in [2.45, 2.75) is 22.6 Å². The fourth-order valence-electron chi connectivity index (χ4n) is 2.27. The van der Waals surface area contributed by atoms with E-state index in [9.17, 15) is 18.0 Å². The van der Waals surface area contributed by atoms with Crippen LogP contribution in [0.15, 0.2) is 58.3 Å².